The molecule has 3 aromatic carbocycles. The predicted molar refractivity (Wildman–Crippen MR) is 150 cm³/mol. The first-order chi connectivity index (χ1) is 20.0. The van der Waals surface area contributed by atoms with E-state index in [-0.39, 0.29) is 39.5 Å². The number of esters is 3. The molecule has 218 valence electrons. The Morgan fingerprint density at radius 3 is 2.12 bits per heavy atom. The lowest BCUT2D eigenvalue weighted by molar-refractivity contribution is -0.142. The lowest BCUT2D eigenvalue weighted by Gasteiger charge is -2.23. The second kappa shape index (κ2) is 12.7. The van der Waals surface area contributed by atoms with Crippen molar-refractivity contribution in [3.8, 4) is 34.1 Å². The molecule has 1 heterocycles. The van der Waals surface area contributed by atoms with Crippen LogP contribution < -0.4 is 29.0 Å². The Labute approximate surface area is 239 Å². The summed E-state index contributed by atoms with van der Waals surface area (Å²) in [6.07, 6.45) is 1.20. The fourth-order valence-corrected chi connectivity index (χ4v) is 5.35. The lowest BCUT2D eigenvalue weighted by Crippen LogP contribution is -2.35. The van der Waals surface area contributed by atoms with Crippen molar-refractivity contribution in [3.05, 3.63) is 83.2 Å². The largest absolute Gasteiger partial charge is 0.513 e. The van der Waals surface area contributed by atoms with Gasteiger partial charge in [0, 0.05) is 26.0 Å². The average molecular weight is 595 g/mol. The highest BCUT2D eigenvalue weighted by Gasteiger charge is 2.34. The third kappa shape index (κ3) is 7.22. The van der Waals surface area contributed by atoms with E-state index in [0.717, 1.165) is 6.92 Å². The highest BCUT2D eigenvalue weighted by atomic mass is 31.2. The zero-order valence-corrected chi connectivity index (χ0v) is 23.8. The van der Waals surface area contributed by atoms with Crippen LogP contribution in [-0.2, 0) is 23.7 Å². The molecular formula is C29H26NO11P. The summed E-state index contributed by atoms with van der Waals surface area (Å²) in [4.78, 5) is 48.8. The van der Waals surface area contributed by atoms with E-state index in [0.29, 0.717) is 5.56 Å². The van der Waals surface area contributed by atoms with Gasteiger partial charge in [0.1, 0.15) is 46.3 Å². The Kier molecular flexibility index (Phi) is 9.09. The summed E-state index contributed by atoms with van der Waals surface area (Å²) in [5, 5.41) is 2.42. The number of methoxy groups -OCH3 is 1. The number of ether oxygens (including phenoxy) is 3. The van der Waals surface area contributed by atoms with E-state index in [2.05, 4.69) is 5.09 Å². The topological polar surface area (TPSA) is 157 Å². The number of fused-ring (bicyclic) bond motifs is 1. The van der Waals surface area contributed by atoms with Gasteiger partial charge < -0.3 is 27.7 Å². The molecule has 0 aliphatic carbocycles. The molecule has 4 rings (SSSR count). The minimum absolute atomic E-state index is 0.0543. The molecule has 1 unspecified atom stereocenters. The summed E-state index contributed by atoms with van der Waals surface area (Å²) in [7, 11) is -3.18. The van der Waals surface area contributed by atoms with Gasteiger partial charge in [0.25, 0.3) is 0 Å². The Morgan fingerprint density at radius 2 is 1.50 bits per heavy atom. The van der Waals surface area contributed by atoms with Gasteiger partial charge in [-0.15, -0.1) is 0 Å². The Balaban J connectivity index is 1.77. The SMILES string of the molecule is COC(=O)[C@H](C)NP(=O)(Oc1ccccc1)Oc1cc(OC(C)=O)c2c(=O)c(-c3ccc(OC(C)=O)cc3)coc2c1. The van der Waals surface area contributed by atoms with Crippen molar-refractivity contribution in [2.75, 3.05) is 7.11 Å². The van der Waals surface area contributed by atoms with Crippen LogP contribution in [0.25, 0.3) is 22.1 Å². The summed E-state index contributed by atoms with van der Waals surface area (Å²) < 4.78 is 46.0. The number of carbonyl (C=O) groups excluding carboxylic acids is 3. The number of carbonyl (C=O) groups is 3. The first-order valence-corrected chi connectivity index (χ1v) is 14.0. The average Bonchev–Trinajstić information content (AvgIpc) is 2.93. The van der Waals surface area contributed by atoms with Gasteiger partial charge in [0.15, 0.2) is 0 Å². The molecule has 0 saturated carbocycles. The Hall–Kier alpha value is -4.93. The minimum atomic E-state index is -4.35. The quantitative estimate of drug-likeness (QED) is 0.148. The normalized spacial score (nSPS) is 13.0. The van der Waals surface area contributed by atoms with Gasteiger partial charge in [-0.3, -0.25) is 19.2 Å². The zero-order chi connectivity index (χ0) is 30.4. The van der Waals surface area contributed by atoms with E-state index in [1.165, 1.54) is 63.6 Å². The monoisotopic (exact) mass is 595 g/mol. The third-order valence-electron chi connectivity index (χ3n) is 5.60. The molecule has 1 aromatic heterocycles. The van der Waals surface area contributed by atoms with Crippen LogP contribution >= 0.6 is 7.75 Å². The molecule has 0 spiro atoms. The fourth-order valence-electron chi connectivity index (χ4n) is 3.85. The molecule has 0 radical (unpaired) electrons. The number of benzene rings is 3. The van der Waals surface area contributed by atoms with Gasteiger partial charge in [-0.25, -0.2) is 4.57 Å². The molecule has 0 amide bonds. The number of para-hydroxylation sites is 1. The first-order valence-electron chi connectivity index (χ1n) is 12.4. The molecule has 2 atom stereocenters. The maximum Gasteiger partial charge on any atom is 0.513 e. The van der Waals surface area contributed by atoms with E-state index in [1.54, 1.807) is 30.3 Å². The molecule has 4 aromatic rings. The van der Waals surface area contributed by atoms with Gasteiger partial charge in [-0.1, -0.05) is 30.3 Å². The Morgan fingerprint density at radius 1 is 0.857 bits per heavy atom. The molecule has 42 heavy (non-hydrogen) atoms. The van der Waals surface area contributed by atoms with Crippen LogP contribution in [0, 0.1) is 0 Å². The van der Waals surface area contributed by atoms with Crippen LogP contribution in [0.1, 0.15) is 20.8 Å². The molecule has 12 nitrogen and oxygen atoms in total. The van der Waals surface area contributed by atoms with Crippen LogP contribution in [0.2, 0.25) is 0 Å². The van der Waals surface area contributed by atoms with E-state index >= 15 is 0 Å². The third-order valence-corrected chi connectivity index (χ3v) is 7.20. The molecule has 0 aliphatic heterocycles. The molecular weight excluding hydrogens is 569 g/mol. The lowest BCUT2D eigenvalue weighted by atomic mass is 10.0. The predicted octanol–water partition coefficient (Wildman–Crippen LogP) is 5.03. The zero-order valence-electron chi connectivity index (χ0n) is 22.9. The summed E-state index contributed by atoms with van der Waals surface area (Å²) in [6, 6.07) is 15.6. The van der Waals surface area contributed by atoms with E-state index < -0.39 is 37.1 Å². The summed E-state index contributed by atoms with van der Waals surface area (Å²) >= 11 is 0. The molecule has 0 aliphatic rings. The number of hydrogen-bond acceptors (Lipinski definition) is 11. The summed E-state index contributed by atoms with van der Waals surface area (Å²) in [5.41, 5.74) is -0.0234. The van der Waals surface area contributed by atoms with Gasteiger partial charge in [0.2, 0.25) is 5.43 Å². The van der Waals surface area contributed by atoms with E-state index in [9.17, 15) is 23.7 Å². The van der Waals surface area contributed by atoms with Crippen molar-refractivity contribution in [1.29, 1.82) is 0 Å². The molecule has 1 N–H and O–H groups in total. The minimum Gasteiger partial charge on any atom is -0.468 e. The maximum absolute atomic E-state index is 13.9. The molecule has 0 fully saturated rings. The molecule has 0 saturated heterocycles. The first kappa shape index (κ1) is 30.0. The van der Waals surface area contributed by atoms with Crippen LogP contribution in [0.15, 0.2) is 82.2 Å². The van der Waals surface area contributed by atoms with Crippen LogP contribution in [-0.4, -0.2) is 31.1 Å². The maximum atomic E-state index is 13.9. The smallest absolute Gasteiger partial charge is 0.468 e. The van der Waals surface area contributed by atoms with E-state index in [1.807, 2.05) is 0 Å². The van der Waals surface area contributed by atoms with Crippen molar-refractivity contribution < 1.29 is 46.6 Å². The van der Waals surface area contributed by atoms with Crippen molar-refractivity contribution >= 4 is 36.6 Å². The van der Waals surface area contributed by atoms with Crippen molar-refractivity contribution in [2.45, 2.75) is 26.8 Å². The standard InChI is InChI=1S/C29H26NO11P/c1-17(29(34)36-4)30-42(35,40-22-8-6-5-7-9-22)41-23-14-25-27(26(15-23)39-19(3)32)28(33)24(16-37-25)20-10-12-21(13-11-20)38-18(2)31/h5-17H,1-4H3,(H,30,35)/t17-,42?/m0/s1. The van der Waals surface area contributed by atoms with Crippen molar-refractivity contribution in [2.24, 2.45) is 0 Å². The fraction of sp³-hybridized carbons (Fsp3) is 0.172. The summed E-state index contributed by atoms with van der Waals surface area (Å²) in [5.74, 6) is -1.90. The number of hydrogen-bond donors (Lipinski definition) is 1. The van der Waals surface area contributed by atoms with Gasteiger partial charge in [-0.2, -0.15) is 5.09 Å². The summed E-state index contributed by atoms with van der Waals surface area (Å²) in [6.45, 7) is 3.81. The van der Waals surface area contributed by atoms with Crippen LogP contribution in [0.3, 0.4) is 0 Å². The number of nitrogens with one attached hydrogen (secondary N) is 1. The second-order valence-corrected chi connectivity index (χ2v) is 10.5. The molecule has 13 heteroatoms. The van der Waals surface area contributed by atoms with Gasteiger partial charge in [0.05, 0.1) is 12.7 Å². The number of rotatable bonds is 10. The van der Waals surface area contributed by atoms with Gasteiger partial charge >= 0.3 is 25.7 Å². The second-order valence-electron chi connectivity index (χ2n) is 8.85. The van der Waals surface area contributed by atoms with Crippen LogP contribution in [0.5, 0.6) is 23.0 Å². The van der Waals surface area contributed by atoms with Crippen molar-refractivity contribution in [3.63, 3.8) is 0 Å². The molecule has 0 bridgehead atoms. The highest BCUT2D eigenvalue weighted by Crippen LogP contribution is 2.47. The highest BCUT2D eigenvalue weighted by molar-refractivity contribution is 7.52. The van der Waals surface area contributed by atoms with Gasteiger partial charge in [-0.05, 0) is 36.8 Å². The van der Waals surface area contributed by atoms with E-state index in [4.69, 9.17) is 27.7 Å². The Bertz CT molecular complexity index is 1730. The van der Waals surface area contributed by atoms with Crippen molar-refractivity contribution in [1.82, 2.24) is 5.09 Å². The van der Waals surface area contributed by atoms with Crippen LogP contribution in [0.4, 0.5) is 0 Å².